The van der Waals surface area contributed by atoms with Crippen molar-refractivity contribution in [3.8, 4) is 17.2 Å². The molecule has 2 amide bonds. The maximum Gasteiger partial charge on any atom is 0.573 e. The van der Waals surface area contributed by atoms with Gasteiger partial charge < -0.3 is 19.9 Å². The van der Waals surface area contributed by atoms with E-state index in [0.29, 0.717) is 17.9 Å². The van der Waals surface area contributed by atoms with Gasteiger partial charge in [0.1, 0.15) is 11.4 Å². The summed E-state index contributed by atoms with van der Waals surface area (Å²) in [5.74, 6) is -1.34. The lowest BCUT2D eigenvalue weighted by Crippen LogP contribution is -2.31. The van der Waals surface area contributed by atoms with E-state index >= 15 is 0 Å². The van der Waals surface area contributed by atoms with E-state index in [1.54, 1.807) is 55.5 Å². The number of halogens is 3. The van der Waals surface area contributed by atoms with E-state index in [1.165, 1.54) is 23.1 Å². The van der Waals surface area contributed by atoms with E-state index in [4.69, 9.17) is 4.74 Å². The zero-order valence-corrected chi connectivity index (χ0v) is 21.3. The summed E-state index contributed by atoms with van der Waals surface area (Å²) in [6, 6.07) is 18.4. The lowest BCUT2D eigenvalue weighted by Gasteiger charge is -2.17. The summed E-state index contributed by atoms with van der Waals surface area (Å²) in [5.41, 5.74) is 1.18. The molecule has 1 aliphatic rings. The topological polar surface area (TPSA) is 100 Å². The first-order chi connectivity index (χ1) is 18.6. The Morgan fingerprint density at radius 1 is 1.08 bits per heavy atom. The van der Waals surface area contributed by atoms with Gasteiger partial charge in [0.25, 0.3) is 5.91 Å². The molecule has 0 aromatic heterocycles. The van der Waals surface area contributed by atoms with E-state index in [1.807, 2.05) is 0 Å². The lowest BCUT2D eigenvalue weighted by atomic mass is 10.1. The van der Waals surface area contributed by atoms with Crippen molar-refractivity contribution >= 4 is 46.2 Å². The van der Waals surface area contributed by atoms with Crippen molar-refractivity contribution in [2.24, 2.45) is 4.99 Å². The van der Waals surface area contributed by atoms with Gasteiger partial charge in [-0.05, 0) is 55.5 Å². The van der Waals surface area contributed by atoms with Crippen molar-refractivity contribution in [2.45, 2.75) is 13.3 Å². The largest absolute Gasteiger partial charge is 0.573 e. The van der Waals surface area contributed by atoms with Crippen molar-refractivity contribution in [1.82, 2.24) is 0 Å². The zero-order chi connectivity index (χ0) is 28.0. The molecule has 202 valence electrons. The monoisotopic (exact) mass is 557 g/mol. The summed E-state index contributed by atoms with van der Waals surface area (Å²) < 4.78 is 46.3. The molecule has 12 heteroatoms. The molecule has 0 unspecified atom stereocenters. The number of rotatable bonds is 8. The minimum Gasteiger partial charge on any atom is -0.504 e. The Labute approximate surface area is 225 Å². The summed E-state index contributed by atoms with van der Waals surface area (Å²) in [6.45, 7) is 2.13. The molecule has 2 N–H and O–H groups in total. The van der Waals surface area contributed by atoms with Crippen LogP contribution >= 0.6 is 11.8 Å². The van der Waals surface area contributed by atoms with E-state index < -0.39 is 23.9 Å². The molecular formula is C27H22F3N3O5S. The van der Waals surface area contributed by atoms with Crippen LogP contribution in [-0.2, 0) is 9.59 Å². The Morgan fingerprint density at radius 2 is 1.79 bits per heavy atom. The molecule has 0 saturated heterocycles. The van der Waals surface area contributed by atoms with Gasteiger partial charge in [-0.25, -0.2) is 4.99 Å². The third kappa shape index (κ3) is 7.11. The highest BCUT2D eigenvalue weighted by Crippen LogP contribution is 2.34. The number of amides is 2. The third-order valence-corrected chi connectivity index (χ3v) is 6.11. The van der Waals surface area contributed by atoms with Crippen molar-refractivity contribution in [2.75, 3.05) is 22.6 Å². The Kier molecular flexibility index (Phi) is 8.45. The molecule has 0 aliphatic carbocycles. The molecule has 8 nitrogen and oxygen atoms in total. The molecule has 0 bridgehead atoms. The van der Waals surface area contributed by atoms with Gasteiger partial charge in [0.2, 0.25) is 5.91 Å². The van der Waals surface area contributed by atoms with Crippen molar-refractivity contribution < 1.29 is 37.3 Å². The number of carbonyl (C=O) groups is 2. The van der Waals surface area contributed by atoms with Gasteiger partial charge in [-0.3, -0.25) is 14.5 Å². The number of para-hydroxylation sites is 2. The maximum absolute atomic E-state index is 13.3. The second kappa shape index (κ2) is 11.9. The number of nitrogens with one attached hydrogen (secondary N) is 1. The van der Waals surface area contributed by atoms with Gasteiger partial charge in [-0.2, -0.15) is 0 Å². The number of ether oxygens (including phenoxy) is 2. The predicted molar refractivity (Wildman–Crippen MR) is 143 cm³/mol. The lowest BCUT2D eigenvalue weighted by molar-refractivity contribution is -0.274. The quantitative estimate of drug-likeness (QED) is 0.340. The van der Waals surface area contributed by atoms with Crippen LogP contribution in [-0.4, -0.2) is 40.8 Å². The van der Waals surface area contributed by atoms with Gasteiger partial charge in [0.15, 0.2) is 16.7 Å². The first-order valence-electron chi connectivity index (χ1n) is 11.6. The number of benzene rings is 3. The van der Waals surface area contributed by atoms with E-state index in [2.05, 4.69) is 15.0 Å². The smallest absolute Gasteiger partial charge is 0.504 e. The predicted octanol–water partition coefficient (Wildman–Crippen LogP) is 5.81. The number of aliphatic imine (C=N–C) groups is 1. The molecule has 0 fully saturated rings. The van der Waals surface area contributed by atoms with Gasteiger partial charge in [-0.1, -0.05) is 42.1 Å². The molecular weight excluding hydrogens is 535 g/mol. The van der Waals surface area contributed by atoms with Crippen LogP contribution in [0.3, 0.4) is 0 Å². The van der Waals surface area contributed by atoms with Gasteiger partial charge in [0, 0.05) is 11.3 Å². The fraction of sp³-hybridized carbons (Fsp3) is 0.148. The first-order valence-corrected chi connectivity index (χ1v) is 12.6. The maximum atomic E-state index is 13.3. The van der Waals surface area contributed by atoms with Crippen LogP contribution in [0.1, 0.15) is 12.5 Å². The molecule has 0 saturated carbocycles. The van der Waals surface area contributed by atoms with E-state index in [9.17, 15) is 27.9 Å². The summed E-state index contributed by atoms with van der Waals surface area (Å²) in [4.78, 5) is 31.7. The van der Waals surface area contributed by atoms with Crippen LogP contribution in [0, 0.1) is 0 Å². The molecule has 1 aliphatic heterocycles. The zero-order valence-electron chi connectivity index (χ0n) is 20.4. The molecule has 0 atom stereocenters. The number of amidine groups is 1. The van der Waals surface area contributed by atoms with Crippen LogP contribution < -0.4 is 19.7 Å². The molecule has 0 radical (unpaired) electrons. The summed E-state index contributed by atoms with van der Waals surface area (Å²) >= 11 is 1.00. The average molecular weight is 558 g/mol. The summed E-state index contributed by atoms with van der Waals surface area (Å²) in [5, 5.41) is 13.4. The Bertz CT molecular complexity index is 1410. The molecule has 39 heavy (non-hydrogen) atoms. The fourth-order valence-corrected chi connectivity index (χ4v) is 4.35. The Hall–Kier alpha value is -4.45. The highest BCUT2D eigenvalue weighted by molar-refractivity contribution is 8.14. The van der Waals surface area contributed by atoms with Crippen LogP contribution in [0.15, 0.2) is 83.5 Å². The fourth-order valence-electron chi connectivity index (χ4n) is 3.54. The number of carbonyl (C=O) groups excluding carboxylic acids is 2. The number of hydrogen-bond acceptors (Lipinski definition) is 7. The number of hydrogen-bond donors (Lipinski definition) is 2. The van der Waals surface area contributed by atoms with E-state index in [-0.39, 0.29) is 33.8 Å². The average Bonchev–Trinajstić information content (AvgIpc) is 3.21. The SMILES string of the molecule is CCOc1cccc(/C=C2/N=C(SCC(=O)Nc3ccc(OC(F)(F)F)cc3)N(c3ccccc3)C2=O)c1O. The van der Waals surface area contributed by atoms with Crippen molar-refractivity contribution in [3.63, 3.8) is 0 Å². The molecule has 1 heterocycles. The Morgan fingerprint density at radius 3 is 2.46 bits per heavy atom. The molecule has 3 aromatic carbocycles. The normalized spacial score (nSPS) is 14.4. The van der Waals surface area contributed by atoms with Crippen LogP contribution in [0.5, 0.6) is 17.2 Å². The highest BCUT2D eigenvalue weighted by Gasteiger charge is 2.33. The summed E-state index contributed by atoms with van der Waals surface area (Å²) in [7, 11) is 0. The summed E-state index contributed by atoms with van der Waals surface area (Å²) in [6.07, 6.45) is -3.38. The second-order valence-corrected chi connectivity index (χ2v) is 8.88. The Balaban J connectivity index is 1.52. The number of thioether (sulfide) groups is 1. The van der Waals surface area contributed by atoms with Crippen LogP contribution in [0.2, 0.25) is 0 Å². The van der Waals surface area contributed by atoms with Gasteiger partial charge in [0.05, 0.1) is 18.0 Å². The molecule has 0 spiro atoms. The number of phenolic OH excluding ortho intramolecular Hbond substituents is 1. The van der Waals surface area contributed by atoms with Gasteiger partial charge in [-0.15, -0.1) is 13.2 Å². The molecule has 3 aromatic rings. The number of phenols is 1. The van der Waals surface area contributed by atoms with Crippen molar-refractivity contribution in [3.05, 3.63) is 84.1 Å². The standard InChI is InChI=1S/C27H22F3N3O5S/c1-2-37-22-10-6-7-17(24(22)35)15-21-25(36)33(19-8-4-3-5-9-19)26(32-21)39-16-23(34)31-18-11-13-20(14-12-18)38-27(28,29)30/h3-15,35H,2,16H2,1H3,(H,31,34)/b21-15+. The number of aromatic hydroxyl groups is 1. The van der Waals surface area contributed by atoms with Crippen molar-refractivity contribution in [1.29, 1.82) is 0 Å². The number of nitrogens with zero attached hydrogens (tertiary/aromatic N) is 2. The van der Waals surface area contributed by atoms with Crippen LogP contribution in [0.4, 0.5) is 24.5 Å². The number of anilines is 2. The first kappa shape index (κ1) is 27.6. The van der Waals surface area contributed by atoms with Crippen LogP contribution in [0.25, 0.3) is 6.08 Å². The van der Waals surface area contributed by atoms with Gasteiger partial charge >= 0.3 is 6.36 Å². The number of alkyl halides is 3. The molecule has 4 rings (SSSR count). The highest BCUT2D eigenvalue weighted by atomic mass is 32.2. The second-order valence-electron chi connectivity index (χ2n) is 7.94. The minimum atomic E-state index is -4.82. The third-order valence-electron chi connectivity index (χ3n) is 5.17. The minimum absolute atomic E-state index is 0.0472. The van der Waals surface area contributed by atoms with E-state index in [0.717, 1.165) is 23.9 Å².